The number of aromatic nitrogens is 2. The lowest BCUT2D eigenvalue weighted by Gasteiger charge is -2.21. The fourth-order valence-electron chi connectivity index (χ4n) is 2.29. The smallest absolute Gasteiger partial charge is 0.272 e. The molecule has 122 valence electrons. The van der Waals surface area contributed by atoms with E-state index in [-0.39, 0.29) is 5.91 Å². The summed E-state index contributed by atoms with van der Waals surface area (Å²) in [6.45, 7) is 7.94. The van der Waals surface area contributed by atoms with Crippen molar-refractivity contribution in [2.45, 2.75) is 33.7 Å². The van der Waals surface area contributed by atoms with E-state index < -0.39 is 0 Å². The van der Waals surface area contributed by atoms with Crippen LogP contribution in [0.1, 0.15) is 42.0 Å². The van der Waals surface area contributed by atoms with Crippen LogP contribution in [0.5, 0.6) is 0 Å². The van der Waals surface area contributed by atoms with Crippen molar-refractivity contribution < 1.29 is 4.79 Å². The van der Waals surface area contributed by atoms with Gasteiger partial charge in [-0.3, -0.25) is 4.79 Å². The van der Waals surface area contributed by atoms with Gasteiger partial charge in [-0.2, -0.15) is 0 Å². The number of hydrogen-bond acceptors (Lipinski definition) is 4. The Morgan fingerprint density at radius 2 is 1.91 bits per heavy atom. The third-order valence-corrected chi connectivity index (χ3v) is 3.49. The van der Waals surface area contributed by atoms with Crippen LogP contribution in [0.3, 0.4) is 0 Å². The molecule has 5 heteroatoms. The monoisotopic (exact) mass is 312 g/mol. The predicted octanol–water partition coefficient (Wildman–Crippen LogP) is 3.27. The molecule has 1 N–H and O–H groups in total. The second kappa shape index (κ2) is 8.27. The quantitative estimate of drug-likeness (QED) is 0.852. The van der Waals surface area contributed by atoms with Crippen molar-refractivity contribution in [3.8, 4) is 0 Å². The highest BCUT2D eigenvalue weighted by Crippen LogP contribution is 2.11. The van der Waals surface area contributed by atoms with E-state index in [0.29, 0.717) is 24.7 Å². The van der Waals surface area contributed by atoms with Crippen molar-refractivity contribution in [2.75, 3.05) is 18.4 Å². The molecule has 0 aliphatic rings. The van der Waals surface area contributed by atoms with E-state index in [1.54, 1.807) is 11.0 Å². The van der Waals surface area contributed by atoms with Crippen LogP contribution in [0.4, 0.5) is 5.95 Å². The molecule has 0 radical (unpaired) electrons. The predicted molar refractivity (Wildman–Crippen MR) is 92.4 cm³/mol. The largest absolute Gasteiger partial charge is 0.354 e. The highest BCUT2D eigenvalue weighted by Gasteiger charge is 2.17. The summed E-state index contributed by atoms with van der Waals surface area (Å²) in [6.07, 6.45) is 0.982. The lowest BCUT2D eigenvalue weighted by molar-refractivity contribution is 0.0746. The molecule has 2 aromatic rings. The van der Waals surface area contributed by atoms with E-state index in [0.717, 1.165) is 24.2 Å². The Morgan fingerprint density at radius 3 is 2.57 bits per heavy atom. The van der Waals surface area contributed by atoms with Crippen molar-refractivity contribution in [1.82, 2.24) is 14.9 Å². The van der Waals surface area contributed by atoms with Crippen LogP contribution in [0, 0.1) is 6.92 Å². The molecule has 0 atom stereocenters. The average molecular weight is 312 g/mol. The second-order valence-corrected chi connectivity index (χ2v) is 5.45. The Labute approximate surface area is 137 Å². The lowest BCUT2D eigenvalue weighted by Crippen LogP contribution is -2.31. The van der Waals surface area contributed by atoms with Crippen LogP contribution < -0.4 is 5.32 Å². The molecule has 1 amide bonds. The Kier molecular flexibility index (Phi) is 6.09. The number of rotatable bonds is 7. The minimum absolute atomic E-state index is 0.0681. The summed E-state index contributed by atoms with van der Waals surface area (Å²) in [5.41, 5.74) is 2.34. The standard InChI is InChI=1S/C18H24N4O/c1-4-11-19-18-20-14(3)12-16(21-18)17(23)22(5-2)13-15-9-7-6-8-10-15/h6-10,12H,4-5,11,13H2,1-3H3,(H,19,20,21). The van der Waals surface area contributed by atoms with Gasteiger partial charge in [-0.05, 0) is 31.9 Å². The van der Waals surface area contributed by atoms with E-state index in [2.05, 4.69) is 22.2 Å². The molecule has 0 fully saturated rings. The summed E-state index contributed by atoms with van der Waals surface area (Å²) in [5.74, 6) is 0.451. The van der Waals surface area contributed by atoms with Gasteiger partial charge in [0.15, 0.2) is 0 Å². The number of hydrogen-bond donors (Lipinski definition) is 1. The van der Waals surface area contributed by atoms with Crippen molar-refractivity contribution >= 4 is 11.9 Å². The summed E-state index contributed by atoms with van der Waals surface area (Å²) in [4.78, 5) is 23.3. The van der Waals surface area contributed by atoms with Gasteiger partial charge < -0.3 is 10.2 Å². The third kappa shape index (κ3) is 4.77. The van der Waals surface area contributed by atoms with E-state index in [1.165, 1.54) is 0 Å². The maximum atomic E-state index is 12.8. The first kappa shape index (κ1) is 16.9. The van der Waals surface area contributed by atoms with Gasteiger partial charge in [0, 0.05) is 25.3 Å². The minimum Gasteiger partial charge on any atom is -0.354 e. The Morgan fingerprint density at radius 1 is 1.17 bits per heavy atom. The van der Waals surface area contributed by atoms with Crippen molar-refractivity contribution in [3.05, 3.63) is 53.3 Å². The van der Waals surface area contributed by atoms with Gasteiger partial charge in [-0.15, -0.1) is 0 Å². The molecule has 0 spiro atoms. The highest BCUT2D eigenvalue weighted by molar-refractivity contribution is 5.92. The number of nitrogens with zero attached hydrogens (tertiary/aromatic N) is 3. The molecule has 0 aliphatic heterocycles. The molecular weight excluding hydrogens is 288 g/mol. The van der Waals surface area contributed by atoms with Crippen LogP contribution in [-0.2, 0) is 6.54 Å². The summed E-state index contributed by atoms with van der Waals surface area (Å²) in [6, 6.07) is 11.7. The zero-order valence-corrected chi connectivity index (χ0v) is 14.0. The third-order valence-electron chi connectivity index (χ3n) is 3.49. The van der Waals surface area contributed by atoms with Crippen LogP contribution in [-0.4, -0.2) is 33.9 Å². The van der Waals surface area contributed by atoms with Crippen molar-refractivity contribution in [1.29, 1.82) is 0 Å². The van der Waals surface area contributed by atoms with Crippen LogP contribution in [0.2, 0.25) is 0 Å². The van der Waals surface area contributed by atoms with Gasteiger partial charge in [0.1, 0.15) is 5.69 Å². The number of amides is 1. The van der Waals surface area contributed by atoms with Gasteiger partial charge >= 0.3 is 0 Å². The zero-order valence-electron chi connectivity index (χ0n) is 14.0. The van der Waals surface area contributed by atoms with E-state index in [4.69, 9.17) is 0 Å². The fraction of sp³-hybridized carbons (Fsp3) is 0.389. The summed E-state index contributed by atoms with van der Waals surface area (Å²) in [5, 5.41) is 3.14. The maximum absolute atomic E-state index is 12.8. The number of benzene rings is 1. The van der Waals surface area contributed by atoms with Crippen molar-refractivity contribution in [2.24, 2.45) is 0 Å². The molecule has 5 nitrogen and oxygen atoms in total. The van der Waals surface area contributed by atoms with E-state index in [1.807, 2.05) is 44.2 Å². The second-order valence-electron chi connectivity index (χ2n) is 5.45. The van der Waals surface area contributed by atoms with Gasteiger partial charge in [0.05, 0.1) is 0 Å². The number of carbonyl (C=O) groups is 1. The SMILES string of the molecule is CCCNc1nc(C)cc(C(=O)N(CC)Cc2ccccc2)n1. The van der Waals surface area contributed by atoms with E-state index >= 15 is 0 Å². The first-order valence-electron chi connectivity index (χ1n) is 8.06. The first-order valence-corrected chi connectivity index (χ1v) is 8.06. The molecule has 2 rings (SSSR count). The molecular formula is C18H24N4O. The van der Waals surface area contributed by atoms with Crippen LogP contribution >= 0.6 is 0 Å². The summed E-state index contributed by atoms with van der Waals surface area (Å²) < 4.78 is 0. The molecule has 0 bridgehead atoms. The minimum atomic E-state index is -0.0681. The van der Waals surface area contributed by atoms with Crippen molar-refractivity contribution in [3.63, 3.8) is 0 Å². The normalized spacial score (nSPS) is 10.4. The number of carbonyl (C=O) groups excluding carboxylic acids is 1. The highest BCUT2D eigenvalue weighted by atomic mass is 16.2. The fourth-order valence-corrected chi connectivity index (χ4v) is 2.29. The molecule has 0 aliphatic carbocycles. The molecule has 23 heavy (non-hydrogen) atoms. The van der Waals surface area contributed by atoms with Gasteiger partial charge in [0.25, 0.3) is 5.91 Å². The Hall–Kier alpha value is -2.43. The van der Waals surface area contributed by atoms with E-state index in [9.17, 15) is 4.79 Å². The molecule has 1 aromatic carbocycles. The summed E-state index contributed by atoms with van der Waals surface area (Å²) in [7, 11) is 0. The topological polar surface area (TPSA) is 58.1 Å². The Balaban J connectivity index is 2.18. The molecule has 0 saturated carbocycles. The molecule has 1 aromatic heterocycles. The van der Waals surface area contributed by atoms with Gasteiger partial charge in [-0.25, -0.2) is 9.97 Å². The first-order chi connectivity index (χ1) is 11.1. The number of nitrogens with one attached hydrogen (secondary N) is 1. The molecule has 1 heterocycles. The number of aryl methyl sites for hydroxylation is 1. The van der Waals surface area contributed by atoms with Crippen LogP contribution in [0.15, 0.2) is 36.4 Å². The summed E-state index contributed by atoms with van der Waals surface area (Å²) >= 11 is 0. The molecule has 0 saturated heterocycles. The zero-order chi connectivity index (χ0) is 16.7. The maximum Gasteiger partial charge on any atom is 0.272 e. The molecule has 0 unspecified atom stereocenters. The van der Waals surface area contributed by atoms with Gasteiger partial charge in [-0.1, -0.05) is 37.3 Å². The van der Waals surface area contributed by atoms with Gasteiger partial charge in [0.2, 0.25) is 5.95 Å². The Bertz CT molecular complexity index is 643. The number of anilines is 1. The average Bonchev–Trinajstić information content (AvgIpc) is 2.57. The van der Waals surface area contributed by atoms with Crippen LogP contribution in [0.25, 0.3) is 0 Å². The lowest BCUT2D eigenvalue weighted by atomic mass is 10.2.